The van der Waals surface area contributed by atoms with Crippen LogP contribution in [0.15, 0.2) is 17.4 Å². The van der Waals surface area contributed by atoms with Crippen LogP contribution in [-0.4, -0.2) is 46.2 Å². The molecule has 0 bridgehead atoms. The van der Waals surface area contributed by atoms with Gasteiger partial charge < -0.3 is 19.9 Å². The Balaban J connectivity index is 1.95. The summed E-state index contributed by atoms with van der Waals surface area (Å²) in [6, 6.07) is 0. The van der Waals surface area contributed by atoms with Crippen molar-refractivity contribution >= 4 is 5.96 Å². The Bertz CT molecular complexity index is 400. The van der Waals surface area contributed by atoms with Crippen molar-refractivity contribution in [2.75, 3.05) is 19.7 Å². The Morgan fingerprint density at radius 1 is 1.71 bits per heavy atom. The smallest absolute Gasteiger partial charge is 0.191 e. The molecule has 17 heavy (non-hydrogen) atoms. The standard InChI is InChI=1S/C11H19N5O/c1-9-8-16(5-6-17-9)11(12)14-7-10-13-3-4-15(10)2/h3-4,9H,5-8H2,1-2H3,(H2,12,14). The van der Waals surface area contributed by atoms with Crippen LogP contribution >= 0.6 is 0 Å². The summed E-state index contributed by atoms with van der Waals surface area (Å²) in [5.74, 6) is 1.48. The summed E-state index contributed by atoms with van der Waals surface area (Å²) in [5, 5.41) is 0. The highest BCUT2D eigenvalue weighted by molar-refractivity contribution is 5.78. The average Bonchev–Trinajstić information content (AvgIpc) is 2.72. The molecule has 2 N–H and O–H groups in total. The Kier molecular flexibility index (Phi) is 3.63. The second-order valence-electron chi connectivity index (χ2n) is 4.26. The third-order valence-electron chi connectivity index (χ3n) is 2.87. The summed E-state index contributed by atoms with van der Waals surface area (Å²) in [6.07, 6.45) is 3.88. The SMILES string of the molecule is CC1CN(C(N)=NCc2nccn2C)CCO1. The van der Waals surface area contributed by atoms with Crippen LogP contribution < -0.4 is 5.73 Å². The molecule has 0 amide bonds. The van der Waals surface area contributed by atoms with Gasteiger partial charge in [-0.15, -0.1) is 0 Å². The fourth-order valence-electron chi connectivity index (χ4n) is 1.83. The van der Waals surface area contributed by atoms with Crippen LogP contribution in [0.3, 0.4) is 0 Å². The lowest BCUT2D eigenvalue weighted by molar-refractivity contribution is 0.00528. The third-order valence-corrected chi connectivity index (χ3v) is 2.87. The Hall–Kier alpha value is -1.56. The first-order chi connectivity index (χ1) is 8.16. The maximum Gasteiger partial charge on any atom is 0.191 e. The van der Waals surface area contributed by atoms with Gasteiger partial charge in [0, 0.05) is 32.5 Å². The molecule has 94 valence electrons. The molecule has 6 nitrogen and oxygen atoms in total. The summed E-state index contributed by atoms with van der Waals surface area (Å²) >= 11 is 0. The topological polar surface area (TPSA) is 68.7 Å². The molecule has 2 heterocycles. The molecule has 1 saturated heterocycles. The van der Waals surface area contributed by atoms with E-state index < -0.39 is 0 Å². The van der Waals surface area contributed by atoms with Crippen LogP contribution in [0.2, 0.25) is 0 Å². The zero-order chi connectivity index (χ0) is 12.3. The third kappa shape index (κ3) is 2.97. The molecule has 0 aromatic carbocycles. The summed E-state index contributed by atoms with van der Waals surface area (Å²) in [4.78, 5) is 10.6. The highest BCUT2D eigenvalue weighted by Crippen LogP contribution is 2.04. The van der Waals surface area contributed by atoms with Gasteiger partial charge in [0.15, 0.2) is 5.96 Å². The van der Waals surface area contributed by atoms with Crippen molar-refractivity contribution < 1.29 is 4.74 Å². The number of rotatable bonds is 2. The van der Waals surface area contributed by atoms with Crippen molar-refractivity contribution in [1.82, 2.24) is 14.5 Å². The van der Waals surface area contributed by atoms with E-state index in [1.165, 1.54) is 0 Å². The van der Waals surface area contributed by atoms with E-state index in [2.05, 4.69) is 14.9 Å². The van der Waals surface area contributed by atoms with Crippen molar-refractivity contribution in [1.29, 1.82) is 0 Å². The zero-order valence-corrected chi connectivity index (χ0v) is 10.3. The molecule has 2 rings (SSSR count). The minimum absolute atomic E-state index is 0.214. The van der Waals surface area contributed by atoms with E-state index in [9.17, 15) is 0 Å². The minimum Gasteiger partial charge on any atom is -0.375 e. The fraction of sp³-hybridized carbons (Fsp3) is 0.636. The van der Waals surface area contributed by atoms with E-state index >= 15 is 0 Å². The molecule has 1 aliphatic heterocycles. The summed E-state index contributed by atoms with van der Waals surface area (Å²) in [7, 11) is 1.95. The Morgan fingerprint density at radius 3 is 3.18 bits per heavy atom. The van der Waals surface area contributed by atoms with Crippen molar-refractivity contribution in [3.8, 4) is 0 Å². The van der Waals surface area contributed by atoms with Gasteiger partial charge in [0.2, 0.25) is 0 Å². The summed E-state index contributed by atoms with van der Waals surface area (Å²) in [5.41, 5.74) is 5.96. The molecule has 1 aromatic rings. The molecule has 1 unspecified atom stereocenters. The number of imidazole rings is 1. The maximum absolute atomic E-state index is 5.96. The van der Waals surface area contributed by atoms with Gasteiger partial charge in [0.1, 0.15) is 12.4 Å². The number of ether oxygens (including phenoxy) is 1. The van der Waals surface area contributed by atoms with Gasteiger partial charge in [-0.2, -0.15) is 0 Å². The van der Waals surface area contributed by atoms with Crippen LogP contribution in [0.1, 0.15) is 12.7 Å². The normalized spacial score (nSPS) is 21.9. The molecular formula is C11H19N5O. The first kappa shape index (κ1) is 11.9. The summed E-state index contributed by atoms with van der Waals surface area (Å²) in [6.45, 7) is 4.87. The molecule has 1 atom stereocenters. The van der Waals surface area contributed by atoms with Crippen molar-refractivity contribution in [3.63, 3.8) is 0 Å². The first-order valence-corrected chi connectivity index (χ1v) is 5.79. The van der Waals surface area contributed by atoms with Gasteiger partial charge in [0.05, 0.1) is 12.7 Å². The highest BCUT2D eigenvalue weighted by atomic mass is 16.5. The number of guanidine groups is 1. The number of hydrogen-bond acceptors (Lipinski definition) is 3. The molecule has 6 heteroatoms. The first-order valence-electron chi connectivity index (χ1n) is 5.79. The minimum atomic E-state index is 0.214. The number of hydrogen-bond donors (Lipinski definition) is 1. The van der Waals surface area contributed by atoms with Gasteiger partial charge in [-0.3, -0.25) is 0 Å². The second-order valence-corrected chi connectivity index (χ2v) is 4.26. The van der Waals surface area contributed by atoms with E-state index in [0.29, 0.717) is 19.1 Å². The predicted octanol–water partition coefficient (Wildman–Crippen LogP) is -0.0445. The number of morpholine rings is 1. The molecule has 1 fully saturated rings. The van der Waals surface area contributed by atoms with Crippen molar-refractivity contribution in [2.24, 2.45) is 17.8 Å². The van der Waals surface area contributed by atoms with E-state index in [4.69, 9.17) is 10.5 Å². The number of aryl methyl sites for hydroxylation is 1. The number of nitrogens with zero attached hydrogens (tertiary/aromatic N) is 4. The second kappa shape index (κ2) is 5.18. The molecule has 1 aliphatic rings. The van der Waals surface area contributed by atoms with E-state index in [-0.39, 0.29) is 6.10 Å². The van der Waals surface area contributed by atoms with Crippen molar-refractivity contribution in [3.05, 3.63) is 18.2 Å². The van der Waals surface area contributed by atoms with Gasteiger partial charge in [-0.1, -0.05) is 0 Å². The predicted molar refractivity (Wildman–Crippen MR) is 65.5 cm³/mol. The fourth-order valence-corrected chi connectivity index (χ4v) is 1.83. The molecule has 0 spiro atoms. The van der Waals surface area contributed by atoms with Crippen LogP contribution in [0, 0.1) is 0 Å². The lowest BCUT2D eigenvalue weighted by Gasteiger charge is -2.31. The number of nitrogens with two attached hydrogens (primary N) is 1. The highest BCUT2D eigenvalue weighted by Gasteiger charge is 2.17. The molecule has 0 radical (unpaired) electrons. The van der Waals surface area contributed by atoms with E-state index in [0.717, 1.165) is 18.9 Å². The van der Waals surface area contributed by atoms with Gasteiger partial charge >= 0.3 is 0 Å². The Labute approximate surface area is 101 Å². The molecule has 0 saturated carbocycles. The van der Waals surface area contributed by atoms with Crippen LogP contribution in [0.5, 0.6) is 0 Å². The maximum atomic E-state index is 5.96. The summed E-state index contributed by atoms with van der Waals surface area (Å²) < 4.78 is 7.40. The van der Waals surface area contributed by atoms with Gasteiger partial charge in [0.25, 0.3) is 0 Å². The van der Waals surface area contributed by atoms with E-state index in [1.807, 2.05) is 24.7 Å². The van der Waals surface area contributed by atoms with E-state index in [1.54, 1.807) is 6.20 Å². The van der Waals surface area contributed by atoms with Crippen LogP contribution in [0.25, 0.3) is 0 Å². The lowest BCUT2D eigenvalue weighted by atomic mass is 10.3. The number of aliphatic imine (C=N–C) groups is 1. The molecule has 0 aliphatic carbocycles. The molecule has 1 aromatic heterocycles. The Morgan fingerprint density at radius 2 is 2.53 bits per heavy atom. The van der Waals surface area contributed by atoms with Crippen LogP contribution in [0.4, 0.5) is 0 Å². The molecular weight excluding hydrogens is 218 g/mol. The largest absolute Gasteiger partial charge is 0.375 e. The quantitative estimate of drug-likeness (QED) is 0.578. The van der Waals surface area contributed by atoms with Gasteiger partial charge in [-0.25, -0.2) is 9.98 Å². The van der Waals surface area contributed by atoms with Gasteiger partial charge in [-0.05, 0) is 6.92 Å². The van der Waals surface area contributed by atoms with Crippen molar-refractivity contribution in [2.45, 2.75) is 19.6 Å². The lowest BCUT2D eigenvalue weighted by Crippen LogP contribution is -2.47. The number of aromatic nitrogens is 2. The average molecular weight is 237 g/mol. The van der Waals surface area contributed by atoms with Crippen LogP contribution in [-0.2, 0) is 18.3 Å². The monoisotopic (exact) mass is 237 g/mol. The zero-order valence-electron chi connectivity index (χ0n) is 10.3.